The van der Waals surface area contributed by atoms with Crippen LogP contribution in [0.4, 0.5) is 0 Å². The van der Waals surface area contributed by atoms with Crippen LogP contribution in [0.1, 0.15) is 80.5 Å². The second kappa shape index (κ2) is 7.75. The van der Waals surface area contributed by atoms with Gasteiger partial charge in [0.25, 0.3) is 0 Å². The van der Waals surface area contributed by atoms with Crippen LogP contribution in [0.25, 0.3) is 0 Å². The van der Waals surface area contributed by atoms with Gasteiger partial charge in [0.05, 0.1) is 7.11 Å². The fraction of sp³-hybridized carbons (Fsp3) is 0.462. The van der Waals surface area contributed by atoms with Crippen molar-refractivity contribution < 1.29 is 4.74 Å². The van der Waals surface area contributed by atoms with Gasteiger partial charge >= 0.3 is 0 Å². The molecule has 0 spiro atoms. The number of rotatable bonds is 5. The van der Waals surface area contributed by atoms with Crippen LogP contribution in [0.2, 0.25) is 0 Å². The van der Waals surface area contributed by atoms with Crippen LogP contribution in [-0.2, 0) is 12.1 Å². The summed E-state index contributed by atoms with van der Waals surface area (Å²) in [5.74, 6) is 2.21. The molecule has 2 aliphatic rings. The molecule has 148 valence electrons. The van der Waals surface area contributed by atoms with Crippen molar-refractivity contribution in [1.29, 1.82) is 0 Å². The highest BCUT2D eigenvalue weighted by Crippen LogP contribution is 2.52. The largest absolute Gasteiger partial charge is 0.497 e. The van der Waals surface area contributed by atoms with Gasteiger partial charge in [0.15, 0.2) is 0 Å². The Morgan fingerprint density at radius 3 is 2.64 bits per heavy atom. The Hall–Kier alpha value is -2.06. The van der Waals surface area contributed by atoms with Crippen molar-refractivity contribution in [3.05, 3.63) is 76.4 Å². The smallest absolute Gasteiger partial charge is 0.119 e. The van der Waals surface area contributed by atoms with E-state index >= 15 is 0 Å². The van der Waals surface area contributed by atoms with E-state index in [1.165, 1.54) is 47.9 Å². The van der Waals surface area contributed by atoms with Gasteiger partial charge in [-0.2, -0.15) is 0 Å². The fourth-order valence-electron chi connectivity index (χ4n) is 5.20. The van der Waals surface area contributed by atoms with Crippen LogP contribution in [0.5, 0.6) is 5.75 Å². The highest BCUT2D eigenvalue weighted by molar-refractivity contribution is 5.52. The molecule has 0 amide bonds. The average molecular weight is 376 g/mol. The van der Waals surface area contributed by atoms with Crippen molar-refractivity contribution in [3.63, 3.8) is 0 Å². The quantitative estimate of drug-likeness (QED) is 0.609. The van der Waals surface area contributed by atoms with E-state index < -0.39 is 0 Å². The number of benzene rings is 2. The minimum Gasteiger partial charge on any atom is -0.497 e. The first-order valence-corrected chi connectivity index (χ1v) is 10.7. The lowest BCUT2D eigenvalue weighted by atomic mass is 9.64. The molecule has 0 saturated heterocycles. The Kier molecular flexibility index (Phi) is 5.33. The first-order chi connectivity index (χ1) is 13.5. The van der Waals surface area contributed by atoms with Crippen molar-refractivity contribution >= 4 is 0 Å². The molecule has 0 saturated carbocycles. The standard InChI is InChI=1S/C26H33NO/c1-18(2)14-21-11-10-20-12-13-26(3,27-17-19-8-6-5-7-9-19)24-16-22(28-4)15-23(21)25(20)24/h5-9,14-16,20-21,27H,10-13,17H2,1-4H3/t20-,21+,26-/m0/s1. The predicted octanol–water partition coefficient (Wildman–Crippen LogP) is 6.42. The number of hydrogen-bond donors (Lipinski definition) is 1. The van der Waals surface area contributed by atoms with Crippen molar-refractivity contribution in [1.82, 2.24) is 5.32 Å². The highest BCUT2D eigenvalue weighted by atomic mass is 16.5. The first kappa shape index (κ1) is 19.3. The van der Waals surface area contributed by atoms with E-state index in [0.29, 0.717) is 11.8 Å². The summed E-state index contributed by atoms with van der Waals surface area (Å²) >= 11 is 0. The summed E-state index contributed by atoms with van der Waals surface area (Å²) in [4.78, 5) is 0. The maximum Gasteiger partial charge on any atom is 0.119 e. The van der Waals surface area contributed by atoms with Crippen LogP contribution in [0, 0.1) is 0 Å². The van der Waals surface area contributed by atoms with E-state index in [2.05, 4.69) is 74.6 Å². The zero-order valence-electron chi connectivity index (χ0n) is 17.7. The van der Waals surface area contributed by atoms with Crippen molar-refractivity contribution in [2.45, 2.75) is 70.4 Å². The van der Waals surface area contributed by atoms with Gasteiger partial charge in [0.2, 0.25) is 0 Å². The third-order valence-corrected chi connectivity index (χ3v) is 6.70. The van der Waals surface area contributed by atoms with Gasteiger partial charge < -0.3 is 10.1 Å². The SMILES string of the molecule is COc1cc2c3c(c1)[C@@](C)(NCc1ccccc1)CC[C@@H]3CC[C@@H]2C=C(C)C. The highest BCUT2D eigenvalue weighted by Gasteiger charge is 2.40. The Balaban J connectivity index is 1.75. The number of allylic oxidation sites excluding steroid dienone is 2. The van der Waals surface area contributed by atoms with Crippen molar-refractivity contribution in [2.24, 2.45) is 0 Å². The normalized spacial score (nSPS) is 25.7. The molecule has 0 heterocycles. The maximum atomic E-state index is 5.74. The fourth-order valence-corrected chi connectivity index (χ4v) is 5.20. The summed E-state index contributed by atoms with van der Waals surface area (Å²) in [5.41, 5.74) is 7.28. The molecule has 3 atom stereocenters. The molecular weight excluding hydrogens is 342 g/mol. The molecule has 2 aliphatic carbocycles. The molecule has 2 nitrogen and oxygen atoms in total. The lowest BCUT2D eigenvalue weighted by Gasteiger charge is -2.45. The molecule has 4 rings (SSSR count). The molecule has 1 N–H and O–H groups in total. The molecule has 0 bridgehead atoms. The van der Waals surface area contributed by atoms with Gasteiger partial charge in [-0.1, -0.05) is 42.0 Å². The molecule has 0 unspecified atom stereocenters. The van der Waals surface area contributed by atoms with E-state index in [1.54, 1.807) is 12.7 Å². The summed E-state index contributed by atoms with van der Waals surface area (Å²) in [6.45, 7) is 7.70. The second-order valence-electron chi connectivity index (χ2n) is 9.01. The third kappa shape index (κ3) is 3.63. The average Bonchev–Trinajstić information content (AvgIpc) is 2.71. The van der Waals surface area contributed by atoms with Gasteiger partial charge in [0, 0.05) is 18.0 Å². The summed E-state index contributed by atoms with van der Waals surface area (Å²) in [7, 11) is 1.79. The number of ether oxygens (including phenoxy) is 1. The molecule has 28 heavy (non-hydrogen) atoms. The monoisotopic (exact) mass is 375 g/mol. The van der Waals surface area contributed by atoms with Gasteiger partial charge in [-0.25, -0.2) is 0 Å². The Morgan fingerprint density at radius 1 is 1.14 bits per heavy atom. The molecule has 2 heteroatoms. The zero-order valence-corrected chi connectivity index (χ0v) is 17.7. The van der Waals surface area contributed by atoms with Crippen LogP contribution in [0.15, 0.2) is 54.1 Å². The summed E-state index contributed by atoms with van der Waals surface area (Å²) in [5, 5.41) is 3.90. The topological polar surface area (TPSA) is 21.3 Å². The predicted molar refractivity (Wildman–Crippen MR) is 117 cm³/mol. The second-order valence-corrected chi connectivity index (χ2v) is 9.01. The lowest BCUT2D eigenvalue weighted by molar-refractivity contribution is 0.277. The number of hydrogen-bond acceptors (Lipinski definition) is 2. The summed E-state index contributed by atoms with van der Waals surface area (Å²) < 4.78 is 5.74. The minimum atomic E-state index is -0.0160. The van der Waals surface area contributed by atoms with Crippen LogP contribution in [-0.4, -0.2) is 7.11 Å². The van der Waals surface area contributed by atoms with E-state index in [0.717, 1.165) is 12.3 Å². The van der Waals surface area contributed by atoms with Gasteiger partial charge in [-0.05, 0) is 86.8 Å². The molecule has 0 aliphatic heterocycles. The Morgan fingerprint density at radius 2 is 1.93 bits per heavy atom. The number of nitrogens with one attached hydrogen (secondary N) is 1. The first-order valence-electron chi connectivity index (χ1n) is 10.7. The van der Waals surface area contributed by atoms with Crippen LogP contribution >= 0.6 is 0 Å². The molecule has 0 fully saturated rings. The van der Waals surface area contributed by atoms with Crippen LogP contribution < -0.4 is 10.1 Å². The van der Waals surface area contributed by atoms with Crippen LogP contribution in [0.3, 0.4) is 0 Å². The molecule has 0 radical (unpaired) electrons. The van der Waals surface area contributed by atoms with Gasteiger partial charge in [-0.15, -0.1) is 0 Å². The molecular formula is C26H33NO. The molecule has 0 aromatic heterocycles. The summed E-state index contributed by atoms with van der Waals surface area (Å²) in [6, 6.07) is 15.3. The maximum absolute atomic E-state index is 5.74. The van der Waals surface area contributed by atoms with E-state index in [1.807, 2.05) is 0 Å². The minimum absolute atomic E-state index is 0.0160. The lowest BCUT2D eigenvalue weighted by Crippen LogP contribution is -2.43. The van der Waals surface area contributed by atoms with Gasteiger partial charge in [-0.3, -0.25) is 0 Å². The van der Waals surface area contributed by atoms with Gasteiger partial charge in [0.1, 0.15) is 5.75 Å². The van der Waals surface area contributed by atoms with Crippen molar-refractivity contribution in [2.75, 3.05) is 7.11 Å². The Bertz CT molecular complexity index is 866. The number of methoxy groups -OCH3 is 1. The summed E-state index contributed by atoms with van der Waals surface area (Å²) in [6.07, 6.45) is 7.46. The Labute approximate surface area is 170 Å². The van der Waals surface area contributed by atoms with E-state index in [9.17, 15) is 0 Å². The molecule has 2 aromatic carbocycles. The van der Waals surface area contributed by atoms with Crippen molar-refractivity contribution in [3.8, 4) is 5.75 Å². The van der Waals surface area contributed by atoms with E-state index in [-0.39, 0.29) is 5.54 Å². The third-order valence-electron chi connectivity index (χ3n) is 6.70. The molecule has 2 aromatic rings. The van der Waals surface area contributed by atoms with E-state index in [4.69, 9.17) is 4.74 Å². The zero-order chi connectivity index (χ0) is 19.7.